The number of piperidine rings is 3. The lowest BCUT2D eigenvalue weighted by Crippen LogP contribution is -2.67. The van der Waals surface area contributed by atoms with E-state index in [4.69, 9.17) is 9.26 Å². The minimum Gasteiger partial charge on any atom is -0.454 e. The van der Waals surface area contributed by atoms with Crippen molar-refractivity contribution in [3.05, 3.63) is 48.2 Å². The normalized spacial score (nSPS) is 28.7. The molecule has 1 unspecified atom stereocenters. The number of nitrogens with one attached hydrogen (secondary N) is 1. The summed E-state index contributed by atoms with van der Waals surface area (Å²) in [5.41, 5.74) is 0.160. The number of anilines is 1. The van der Waals surface area contributed by atoms with E-state index in [1.165, 1.54) is 6.26 Å². The molecule has 34 heavy (non-hydrogen) atoms. The highest BCUT2D eigenvalue weighted by Crippen LogP contribution is 2.38. The van der Waals surface area contributed by atoms with Crippen molar-refractivity contribution in [1.29, 1.82) is 0 Å². The summed E-state index contributed by atoms with van der Waals surface area (Å²) in [6.07, 6.45) is 3.21. The predicted molar refractivity (Wildman–Crippen MR) is 130 cm³/mol. The van der Waals surface area contributed by atoms with Crippen LogP contribution in [-0.2, 0) is 19.9 Å². The van der Waals surface area contributed by atoms with E-state index in [2.05, 4.69) is 15.4 Å². The standard InChI is InChI=1S/C25H32N4O4S/c1-25(20-5-3-2-4-6-20,28-10-15-34-16-11-28)24(31)33-21-17-29(12-7-19(21)8-13-29)18-23(30)26-22-9-14-32-27-22/h2-6,9,14,19,21H,7-8,10-13,15-18H2,1H3/p+1/t19?,21-,25?,29?/m0/s1. The Labute approximate surface area is 204 Å². The second kappa shape index (κ2) is 9.71. The van der Waals surface area contributed by atoms with Gasteiger partial charge >= 0.3 is 5.97 Å². The molecule has 1 aromatic carbocycles. The summed E-state index contributed by atoms with van der Waals surface area (Å²) in [6, 6.07) is 11.6. The molecule has 5 heterocycles. The molecular weight excluding hydrogens is 452 g/mol. The summed E-state index contributed by atoms with van der Waals surface area (Å²) in [6.45, 7) is 6.64. The lowest BCUT2D eigenvalue weighted by atomic mass is 9.82. The van der Waals surface area contributed by atoms with Crippen LogP contribution in [0.1, 0.15) is 25.3 Å². The Bertz CT molecular complexity index is 988. The van der Waals surface area contributed by atoms with Gasteiger partial charge in [0, 0.05) is 49.4 Å². The van der Waals surface area contributed by atoms with Crippen molar-refractivity contribution in [2.24, 2.45) is 5.92 Å². The Morgan fingerprint density at radius 1 is 1.21 bits per heavy atom. The number of thioether (sulfide) groups is 1. The third kappa shape index (κ3) is 4.61. The number of hydrogen-bond acceptors (Lipinski definition) is 7. The van der Waals surface area contributed by atoms with E-state index >= 15 is 0 Å². The molecule has 0 aliphatic carbocycles. The van der Waals surface area contributed by atoms with Crippen LogP contribution in [0.5, 0.6) is 0 Å². The molecule has 1 amide bonds. The maximum absolute atomic E-state index is 13.9. The molecule has 4 aliphatic rings. The first-order valence-electron chi connectivity index (χ1n) is 12.1. The van der Waals surface area contributed by atoms with Crippen molar-refractivity contribution in [1.82, 2.24) is 10.1 Å². The van der Waals surface area contributed by atoms with E-state index in [9.17, 15) is 9.59 Å². The van der Waals surface area contributed by atoms with Crippen molar-refractivity contribution in [2.75, 3.05) is 56.1 Å². The Morgan fingerprint density at radius 2 is 1.94 bits per heavy atom. The van der Waals surface area contributed by atoms with Gasteiger partial charge in [0.25, 0.3) is 5.91 Å². The number of nitrogens with zero attached hydrogens (tertiary/aromatic N) is 3. The smallest absolute Gasteiger partial charge is 0.331 e. The molecule has 9 heteroatoms. The lowest BCUT2D eigenvalue weighted by Gasteiger charge is -2.52. The fourth-order valence-corrected chi connectivity index (χ4v) is 6.70. The number of amides is 1. The fourth-order valence-electron chi connectivity index (χ4n) is 5.80. The second-order valence-electron chi connectivity index (χ2n) is 9.88. The summed E-state index contributed by atoms with van der Waals surface area (Å²) >= 11 is 1.93. The van der Waals surface area contributed by atoms with Gasteiger partial charge in [-0.15, -0.1) is 0 Å². The third-order valence-electron chi connectivity index (χ3n) is 7.86. The van der Waals surface area contributed by atoms with Crippen molar-refractivity contribution >= 4 is 29.5 Å². The molecule has 4 aliphatic heterocycles. The second-order valence-corrected chi connectivity index (χ2v) is 11.1. The SMILES string of the molecule is CC(C(=O)O[C@H]1C[N+]2(CC(=O)Nc3ccon3)CCC1CC2)(c1ccccc1)N1CCSCC1. The molecule has 4 saturated heterocycles. The quantitative estimate of drug-likeness (QED) is 0.477. The number of benzene rings is 1. The van der Waals surface area contributed by atoms with E-state index < -0.39 is 5.54 Å². The summed E-state index contributed by atoms with van der Waals surface area (Å²) in [7, 11) is 0. The molecule has 0 saturated carbocycles. The van der Waals surface area contributed by atoms with Crippen LogP contribution in [0, 0.1) is 5.92 Å². The molecule has 1 N–H and O–H groups in total. The number of ether oxygens (including phenoxy) is 1. The number of esters is 1. The van der Waals surface area contributed by atoms with Crippen LogP contribution in [0.3, 0.4) is 0 Å². The van der Waals surface area contributed by atoms with Crippen molar-refractivity contribution < 1.29 is 23.3 Å². The monoisotopic (exact) mass is 485 g/mol. The molecule has 2 bridgehead atoms. The number of fused-ring (bicyclic) bond motifs is 3. The zero-order chi connectivity index (χ0) is 23.6. The number of hydrogen-bond donors (Lipinski definition) is 1. The average Bonchev–Trinajstić information content (AvgIpc) is 3.37. The molecule has 0 spiro atoms. The maximum Gasteiger partial charge on any atom is 0.331 e. The molecular formula is C25H33N4O4S+. The van der Waals surface area contributed by atoms with Gasteiger partial charge in [0.05, 0.1) is 13.1 Å². The van der Waals surface area contributed by atoms with Gasteiger partial charge < -0.3 is 19.1 Å². The van der Waals surface area contributed by atoms with Crippen LogP contribution in [0.4, 0.5) is 5.82 Å². The Kier molecular flexibility index (Phi) is 6.68. The molecule has 2 aromatic rings. The van der Waals surface area contributed by atoms with Crippen LogP contribution in [0.15, 0.2) is 47.2 Å². The van der Waals surface area contributed by atoms with Gasteiger partial charge in [0.1, 0.15) is 18.3 Å². The van der Waals surface area contributed by atoms with Crippen LogP contribution in [0.2, 0.25) is 0 Å². The van der Waals surface area contributed by atoms with Crippen LogP contribution in [0.25, 0.3) is 0 Å². The molecule has 1 aromatic heterocycles. The van der Waals surface area contributed by atoms with Crippen LogP contribution in [-0.4, -0.2) is 83.3 Å². The Hall–Kier alpha value is -2.36. The Morgan fingerprint density at radius 3 is 2.62 bits per heavy atom. The molecule has 2 atom stereocenters. The van der Waals surface area contributed by atoms with E-state index in [0.29, 0.717) is 29.3 Å². The van der Waals surface area contributed by atoms with Gasteiger partial charge in [-0.2, -0.15) is 11.8 Å². The molecule has 4 fully saturated rings. The zero-order valence-electron chi connectivity index (χ0n) is 19.7. The van der Waals surface area contributed by atoms with E-state index in [0.717, 1.165) is 56.1 Å². The average molecular weight is 486 g/mol. The first-order valence-corrected chi connectivity index (χ1v) is 13.3. The highest BCUT2D eigenvalue weighted by atomic mass is 32.2. The number of aromatic nitrogens is 1. The maximum atomic E-state index is 13.9. The number of quaternary nitrogens is 1. The van der Waals surface area contributed by atoms with Gasteiger partial charge in [-0.3, -0.25) is 9.69 Å². The van der Waals surface area contributed by atoms with Crippen molar-refractivity contribution in [3.8, 4) is 0 Å². The summed E-state index contributed by atoms with van der Waals surface area (Å²) in [5, 5.41) is 6.59. The van der Waals surface area contributed by atoms with E-state index in [1.54, 1.807) is 6.07 Å². The molecule has 0 radical (unpaired) electrons. The minimum atomic E-state index is -0.816. The summed E-state index contributed by atoms with van der Waals surface area (Å²) in [5.74, 6) is 2.56. The molecule has 8 nitrogen and oxygen atoms in total. The van der Waals surface area contributed by atoms with Crippen molar-refractivity contribution in [3.63, 3.8) is 0 Å². The fraction of sp³-hybridized carbons (Fsp3) is 0.560. The van der Waals surface area contributed by atoms with E-state index in [-0.39, 0.29) is 18.0 Å². The Balaban J connectivity index is 1.31. The van der Waals surface area contributed by atoms with Gasteiger partial charge in [-0.1, -0.05) is 35.5 Å². The van der Waals surface area contributed by atoms with Crippen LogP contribution >= 0.6 is 11.8 Å². The summed E-state index contributed by atoms with van der Waals surface area (Å²) < 4.78 is 11.8. The van der Waals surface area contributed by atoms with Gasteiger partial charge in [0.2, 0.25) is 0 Å². The minimum absolute atomic E-state index is 0.0840. The number of carbonyl (C=O) groups is 2. The number of carbonyl (C=O) groups excluding carboxylic acids is 2. The van der Waals surface area contributed by atoms with Gasteiger partial charge in [-0.05, 0) is 12.5 Å². The number of rotatable bonds is 7. The summed E-state index contributed by atoms with van der Waals surface area (Å²) in [4.78, 5) is 28.9. The lowest BCUT2D eigenvalue weighted by molar-refractivity contribution is -0.939. The largest absolute Gasteiger partial charge is 0.454 e. The van der Waals surface area contributed by atoms with Crippen LogP contribution < -0.4 is 5.32 Å². The molecule has 6 rings (SSSR count). The highest BCUT2D eigenvalue weighted by molar-refractivity contribution is 7.99. The molecule has 182 valence electrons. The van der Waals surface area contributed by atoms with Gasteiger partial charge in [0.15, 0.2) is 18.5 Å². The zero-order valence-corrected chi connectivity index (χ0v) is 20.5. The van der Waals surface area contributed by atoms with E-state index in [1.807, 2.05) is 49.0 Å². The first kappa shape index (κ1) is 23.4. The van der Waals surface area contributed by atoms with Crippen molar-refractivity contribution in [2.45, 2.75) is 31.4 Å². The van der Waals surface area contributed by atoms with Gasteiger partial charge in [-0.25, -0.2) is 4.79 Å². The topological polar surface area (TPSA) is 84.7 Å². The third-order valence-corrected chi connectivity index (χ3v) is 8.80. The first-order chi connectivity index (χ1) is 16.5. The predicted octanol–water partition coefficient (Wildman–Crippen LogP) is 2.73. The highest BCUT2D eigenvalue weighted by Gasteiger charge is 2.51.